The van der Waals surface area contributed by atoms with Crippen molar-refractivity contribution < 1.29 is 8.78 Å². The maximum atomic E-state index is 12.7. The van der Waals surface area contributed by atoms with Gasteiger partial charge in [0.2, 0.25) is 0 Å². The molecule has 2 aromatic rings. The fourth-order valence-electron chi connectivity index (χ4n) is 1.81. The normalized spacial score (nSPS) is 13.6. The van der Waals surface area contributed by atoms with Gasteiger partial charge in [-0.05, 0) is 31.0 Å². The van der Waals surface area contributed by atoms with Crippen LogP contribution in [-0.2, 0) is 6.42 Å². The number of halogens is 2. The number of rotatable bonds is 3. The lowest BCUT2D eigenvalue weighted by molar-refractivity contribution is 0.0745. The molecule has 0 fully saturated rings. The lowest BCUT2D eigenvalue weighted by atomic mass is 10.1. The van der Waals surface area contributed by atoms with Crippen LogP contribution in [0, 0.1) is 0 Å². The number of hydrogen-bond acceptors (Lipinski definition) is 2. The summed E-state index contributed by atoms with van der Waals surface area (Å²) in [5.74, 6) is 0. The van der Waals surface area contributed by atoms with E-state index < -0.39 is 6.55 Å². The third-order valence-corrected chi connectivity index (χ3v) is 2.42. The number of fused-ring (bicyclic) bond motifs is 1. The molecule has 0 amide bonds. The van der Waals surface area contributed by atoms with Crippen LogP contribution in [-0.4, -0.2) is 15.6 Å². The zero-order valence-electron chi connectivity index (χ0n) is 8.90. The van der Waals surface area contributed by atoms with Crippen molar-refractivity contribution in [1.82, 2.24) is 9.55 Å². The SMILES string of the molecule is CC(N)Cc1cn(C(F)F)c2ncccc12. The molecule has 0 aliphatic rings. The molecule has 1 atom stereocenters. The Hall–Kier alpha value is -1.49. The molecule has 0 radical (unpaired) electrons. The number of aromatic nitrogens is 2. The number of pyridine rings is 1. The minimum absolute atomic E-state index is 0.0584. The summed E-state index contributed by atoms with van der Waals surface area (Å²) >= 11 is 0. The van der Waals surface area contributed by atoms with Gasteiger partial charge in [-0.3, -0.25) is 4.57 Å². The lowest BCUT2D eigenvalue weighted by Gasteiger charge is -2.02. The summed E-state index contributed by atoms with van der Waals surface area (Å²) in [6.45, 7) is -0.721. The van der Waals surface area contributed by atoms with Gasteiger partial charge in [-0.1, -0.05) is 0 Å². The van der Waals surface area contributed by atoms with Crippen LogP contribution in [0.15, 0.2) is 24.5 Å². The largest absolute Gasteiger partial charge is 0.328 e. The van der Waals surface area contributed by atoms with Crippen LogP contribution < -0.4 is 5.73 Å². The van der Waals surface area contributed by atoms with Crippen LogP contribution in [0.4, 0.5) is 8.78 Å². The molecular weight excluding hydrogens is 212 g/mol. The van der Waals surface area contributed by atoms with Gasteiger partial charge < -0.3 is 5.73 Å². The molecule has 3 nitrogen and oxygen atoms in total. The maximum Gasteiger partial charge on any atom is 0.320 e. The molecule has 2 aromatic heterocycles. The Morgan fingerprint density at radius 1 is 1.50 bits per heavy atom. The molecular formula is C11H13F2N3. The highest BCUT2D eigenvalue weighted by molar-refractivity contribution is 5.80. The molecule has 2 N–H and O–H groups in total. The van der Waals surface area contributed by atoms with Crippen molar-refractivity contribution in [3.05, 3.63) is 30.1 Å². The van der Waals surface area contributed by atoms with Crippen LogP contribution in [0.3, 0.4) is 0 Å². The first-order valence-electron chi connectivity index (χ1n) is 5.07. The van der Waals surface area contributed by atoms with Gasteiger partial charge in [0.15, 0.2) is 0 Å². The van der Waals surface area contributed by atoms with Gasteiger partial charge in [0.1, 0.15) is 5.65 Å². The molecule has 0 aliphatic carbocycles. The van der Waals surface area contributed by atoms with Crippen molar-refractivity contribution in [3.8, 4) is 0 Å². The van der Waals surface area contributed by atoms with Crippen molar-refractivity contribution >= 4 is 11.0 Å². The van der Waals surface area contributed by atoms with Gasteiger partial charge in [-0.25, -0.2) is 4.98 Å². The molecule has 2 rings (SSSR count). The van der Waals surface area contributed by atoms with E-state index in [9.17, 15) is 8.78 Å². The van der Waals surface area contributed by atoms with Crippen molar-refractivity contribution in [2.24, 2.45) is 5.73 Å². The van der Waals surface area contributed by atoms with Gasteiger partial charge in [-0.2, -0.15) is 8.78 Å². The van der Waals surface area contributed by atoms with E-state index in [1.54, 1.807) is 12.1 Å². The minimum Gasteiger partial charge on any atom is -0.328 e. The summed E-state index contributed by atoms with van der Waals surface area (Å²) < 4.78 is 26.4. The topological polar surface area (TPSA) is 43.8 Å². The highest BCUT2D eigenvalue weighted by atomic mass is 19.3. The minimum atomic E-state index is -2.57. The van der Waals surface area contributed by atoms with Gasteiger partial charge in [0.25, 0.3) is 0 Å². The molecule has 2 heterocycles. The van der Waals surface area contributed by atoms with Crippen molar-refractivity contribution in [1.29, 1.82) is 0 Å². The Morgan fingerprint density at radius 2 is 2.25 bits per heavy atom. The number of nitrogens with two attached hydrogens (primary N) is 1. The average molecular weight is 225 g/mol. The average Bonchev–Trinajstić information content (AvgIpc) is 2.57. The van der Waals surface area contributed by atoms with E-state index in [0.29, 0.717) is 12.1 Å². The van der Waals surface area contributed by atoms with E-state index in [1.807, 2.05) is 6.92 Å². The van der Waals surface area contributed by atoms with Crippen molar-refractivity contribution in [3.63, 3.8) is 0 Å². The smallest absolute Gasteiger partial charge is 0.320 e. The summed E-state index contributed by atoms with van der Waals surface area (Å²) in [6.07, 6.45) is 3.52. The first-order chi connectivity index (χ1) is 7.59. The zero-order chi connectivity index (χ0) is 11.7. The van der Waals surface area contributed by atoms with Gasteiger partial charge in [-0.15, -0.1) is 0 Å². The Labute approximate surface area is 91.9 Å². The Kier molecular flexibility index (Phi) is 2.87. The van der Waals surface area contributed by atoms with E-state index in [0.717, 1.165) is 15.5 Å². The highest BCUT2D eigenvalue weighted by Crippen LogP contribution is 2.24. The van der Waals surface area contributed by atoms with Crippen LogP contribution in [0.5, 0.6) is 0 Å². The molecule has 0 bridgehead atoms. The maximum absolute atomic E-state index is 12.7. The van der Waals surface area contributed by atoms with Crippen LogP contribution in [0.25, 0.3) is 11.0 Å². The number of hydrogen-bond donors (Lipinski definition) is 1. The number of nitrogens with zero attached hydrogens (tertiary/aromatic N) is 2. The summed E-state index contributed by atoms with van der Waals surface area (Å²) in [5, 5.41) is 0.750. The first kappa shape index (κ1) is 11.0. The van der Waals surface area contributed by atoms with Gasteiger partial charge >= 0.3 is 6.55 Å². The second kappa shape index (κ2) is 4.17. The van der Waals surface area contributed by atoms with Crippen molar-refractivity contribution in [2.45, 2.75) is 25.9 Å². The second-order valence-electron chi connectivity index (χ2n) is 3.90. The van der Waals surface area contributed by atoms with Crippen LogP contribution in [0.2, 0.25) is 0 Å². The molecule has 5 heteroatoms. The fraction of sp³-hybridized carbons (Fsp3) is 0.364. The van der Waals surface area contributed by atoms with E-state index in [1.165, 1.54) is 12.4 Å². The Morgan fingerprint density at radius 3 is 2.88 bits per heavy atom. The Balaban J connectivity index is 2.57. The third kappa shape index (κ3) is 1.90. The quantitative estimate of drug-likeness (QED) is 0.871. The van der Waals surface area contributed by atoms with Gasteiger partial charge in [0, 0.05) is 23.8 Å². The van der Waals surface area contributed by atoms with Gasteiger partial charge in [0.05, 0.1) is 0 Å². The van der Waals surface area contributed by atoms with Crippen LogP contribution in [0.1, 0.15) is 19.0 Å². The molecule has 0 spiro atoms. The van der Waals surface area contributed by atoms with Crippen LogP contribution >= 0.6 is 0 Å². The monoisotopic (exact) mass is 225 g/mol. The summed E-state index contributed by atoms with van der Waals surface area (Å²) in [7, 11) is 0. The molecule has 86 valence electrons. The molecule has 0 aliphatic heterocycles. The number of alkyl halides is 2. The summed E-state index contributed by atoms with van der Waals surface area (Å²) in [6, 6.07) is 3.47. The fourth-order valence-corrected chi connectivity index (χ4v) is 1.81. The Bertz CT molecular complexity index is 491. The zero-order valence-corrected chi connectivity index (χ0v) is 8.90. The third-order valence-electron chi connectivity index (χ3n) is 2.42. The molecule has 0 saturated heterocycles. The molecule has 0 saturated carbocycles. The predicted molar refractivity (Wildman–Crippen MR) is 58.3 cm³/mol. The highest BCUT2D eigenvalue weighted by Gasteiger charge is 2.15. The molecule has 1 unspecified atom stereocenters. The van der Waals surface area contributed by atoms with E-state index in [2.05, 4.69) is 4.98 Å². The summed E-state index contributed by atoms with van der Waals surface area (Å²) in [5.41, 5.74) is 6.81. The van der Waals surface area contributed by atoms with E-state index >= 15 is 0 Å². The van der Waals surface area contributed by atoms with E-state index in [4.69, 9.17) is 5.73 Å². The second-order valence-corrected chi connectivity index (χ2v) is 3.90. The molecule has 0 aromatic carbocycles. The lowest BCUT2D eigenvalue weighted by Crippen LogP contribution is -2.17. The molecule has 16 heavy (non-hydrogen) atoms. The summed E-state index contributed by atoms with van der Waals surface area (Å²) in [4.78, 5) is 3.97. The standard InChI is InChI=1S/C11H13F2N3/c1-7(14)5-8-6-16(11(12)13)10-9(8)3-2-4-15-10/h2-4,6-7,11H,5,14H2,1H3. The first-order valence-corrected chi connectivity index (χ1v) is 5.07. The predicted octanol–water partition coefficient (Wildman–Crippen LogP) is 2.32. The van der Waals surface area contributed by atoms with E-state index in [-0.39, 0.29) is 6.04 Å². The van der Waals surface area contributed by atoms with Crippen molar-refractivity contribution in [2.75, 3.05) is 0 Å².